The summed E-state index contributed by atoms with van der Waals surface area (Å²) in [4.78, 5) is 3.88. The molecule has 0 amide bonds. The van der Waals surface area contributed by atoms with E-state index >= 15 is 0 Å². The quantitative estimate of drug-likeness (QED) is 0.804. The van der Waals surface area contributed by atoms with E-state index < -0.39 is 6.55 Å². The van der Waals surface area contributed by atoms with Gasteiger partial charge in [-0.1, -0.05) is 6.92 Å². The molecule has 1 aliphatic carbocycles. The van der Waals surface area contributed by atoms with Gasteiger partial charge in [0.2, 0.25) is 0 Å². The van der Waals surface area contributed by atoms with Gasteiger partial charge in [-0.3, -0.25) is 4.57 Å². The van der Waals surface area contributed by atoms with Crippen LogP contribution in [-0.2, 0) is 6.54 Å². The van der Waals surface area contributed by atoms with Crippen LogP contribution in [-0.4, -0.2) is 15.6 Å². The molecule has 1 N–H and O–H groups in total. The summed E-state index contributed by atoms with van der Waals surface area (Å²) in [5.74, 6) is 1.07. The lowest BCUT2D eigenvalue weighted by molar-refractivity contribution is 0.0666. The SMILES string of the molecule is CC1CC1NCc1nccn1C(F)F. The fraction of sp³-hybridized carbons (Fsp3) is 0.667. The van der Waals surface area contributed by atoms with E-state index in [-0.39, 0.29) is 0 Å². The van der Waals surface area contributed by atoms with Crippen molar-refractivity contribution in [2.75, 3.05) is 0 Å². The van der Waals surface area contributed by atoms with Crippen molar-refractivity contribution in [3.05, 3.63) is 18.2 Å². The van der Waals surface area contributed by atoms with Crippen LogP contribution in [0.2, 0.25) is 0 Å². The minimum Gasteiger partial charge on any atom is -0.307 e. The minimum atomic E-state index is -2.49. The highest BCUT2D eigenvalue weighted by Gasteiger charge is 2.32. The number of hydrogen-bond acceptors (Lipinski definition) is 2. The first kappa shape index (κ1) is 9.58. The molecule has 1 heterocycles. The smallest absolute Gasteiger partial charge is 0.307 e. The van der Waals surface area contributed by atoms with E-state index in [0.717, 1.165) is 11.0 Å². The van der Waals surface area contributed by atoms with E-state index in [0.29, 0.717) is 24.3 Å². The molecule has 2 atom stereocenters. The lowest BCUT2D eigenvalue weighted by Gasteiger charge is -2.06. The summed E-state index contributed by atoms with van der Waals surface area (Å²) < 4.78 is 25.6. The molecule has 1 aliphatic rings. The molecule has 1 aromatic heterocycles. The van der Waals surface area contributed by atoms with Crippen molar-refractivity contribution in [2.45, 2.75) is 32.5 Å². The zero-order valence-electron chi connectivity index (χ0n) is 7.95. The van der Waals surface area contributed by atoms with Crippen LogP contribution in [0.4, 0.5) is 8.78 Å². The molecule has 1 aromatic rings. The van der Waals surface area contributed by atoms with E-state index in [1.165, 1.54) is 12.4 Å². The Morgan fingerprint density at radius 1 is 1.71 bits per heavy atom. The first-order chi connectivity index (χ1) is 6.68. The molecule has 2 rings (SSSR count). The average Bonchev–Trinajstić information content (AvgIpc) is 2.67. The normalized spacial score (nSPS) is 25.7. The van der Waals surface area contributed by atoms with Crippen LogP contribution < -0.4 is 5.32 Å². The largest absolute Gasteiger partial charge is 0.319 e. The molecule has 0 aliphatic heterocycles. The van der Waals surface area contributed by atoms with Crippen LogP contribution in [0.25, 0.3) is 0 Å². The summed E-state index contributed by atoms with van der Waals surface area (Å²) in [5, 5.41) is 3.19. The molecule has 14 heavy (non-hydrogen) atoms. The van der Waals surface area contributed by atoms with Gasteiger partial charge in [-0.05, 0) is 12.3 Å². The molecule has 78 valence electrons. The van der Waals surface area contributed by atoms with Gasteiger partial charge in [0.25, 0.3) is 0 Å². The van der Waals surface area contributed by atoms with Gasteiger partial charge in [0.05, 0.1) is 6.54 Å². The van der Waals surface area contributed by atoms with Crippen molar-refractivity contribution < 1.29 is 8.78 Å². The maximum Gasteiger partial charge on any atom is 0.319 e. The first-order valence-corrected chi connectivity index (χ1v) is 4.71. The van der Waals surface area contributed by atoms with Crippen molar-refractivity contribution >= 4 is 0 Å². The predicted octanol–water partition coefficient (Wildman–Crippen LogP) is 1.78. The minimum absolute atomic E-state index is 0.402. The number of imidazole rings is 1. The van der Waals surface area contributed by atoms with Crippen LogP contribution in [0, 0.1) is 5.92 Å². The third kappa shape index (κ3) is 1.92. The standard InChI is InChI=1S/C9H13F2N3/c1-6-4-7(6)13-5-8-12-2-3-14(8)9(10)11/h2-3,6-7,9,13H,4-5H2,1H3. The molecule has 0 spiro atoms. The predicted molar refractivity (Wildman–Crippen MR) is 47.9 cm³/mol. The van der Waals surface area contributed by atoms with Crippen LogP contribution in [0.15, 0.2) is 12.4 Å². The van der Waals surface area contributed by atoms with Crippen LogP contribution >= 0.6 is 0 Å². The third-order valence-electron chi connectivity index (χ3n) is 2.59. The van der Waals surface area contributed by atoms with E-state index in [2.05, 4.69) is 17.2 Å². The van der Waals surface area contributed by atoms with Crippen molar-refractivity contribution in [1.29, 1.82) is 0 Å². The fourth-order valence-corrected chi connectivity index (χ4v) is 1.49. The number of hydrogen-bond donors (Lipinski definition) is 1. The molecule has 3 nitrogen and oxygen atoms in total. The van der Waals surface area contributed by atoms with E-state index in [1.54, 1.807) is 0 Å². The van der Waals surface area contributed by atoms with Gasteiger partial charge >= 0.3 is 6.55 Å². The lowest BCUT2D eigenvalue weighted by Crippen LogP contribution is -2.20. The summed E-state index contributed by atoms with van der Waals surface area (Å²) in [7, 11) is 0. The number of aromatic nitrogens is 2. The van der Waals surface area contributed by atoms with E-state index in [1.807, 2.05) is 0 Å². The summed E-state index contributed by atoms with van der Waals surface area (Å²) in [5.41, 5.74) is 0. The second-order valence-electron chi connectivity index (χ2n) is 3.73. The maximum absolute atomic E-state index is 12.4. The van der Waals surface area contributed by atoms with Crippen molar-refractivity contribution in [2.24, 2.45) is 5.92 Å². The highest BCUT2D eigenvalue weighted by molar-refractivity contribution is 4.96. The molecule has 0 aromatic carbocycles. The Balaban J connectivity index is 1.91. The highest BCUT2D eigenvalue weighted by Crippen LogP contribution is 2.29. The molecular weight excluding hydrogens is 188 g/mol. The maximum atomic E-state index is 12.4. The zero-order valence-corrected chi connectivity index (χ0v) is 7.95. The number of halogens is 2. The Morgan fingerprint density at radius 3 is 3.00 bits per heavy atom. The Morgan fingerprint density at radius 2 is 2.43 bits per heavy atom. The summed E-state index contributed by atoms with van der Waals surface area (Å²) in [6.45, 7) is 0.0646. The molecule has 5 heteroatoms. The van der Waals surface area contributed by atoms with Crippen LogP contribution in [0.5, 0.6) is 0 Å². The van der Waals surface area contributed by atoms with Crippen molar-refractivity contribution in [3.63, 3.8) is 0 Å². The van der Waals surface area contributed by atoms with E-state index in [9.17, 15) is 8.78 Å². The second kappa shape index (κ2) is 3.65. The Bertz CT molecular complexity index is 311. The molecule has 0 radical (unpaired) electrons. The number of nitrogens with one attached hydrogen (secondary N) is 1. The summed E-state index contributed by atoms with van der Waals surface area (Å²) in [6, 6.07) is 0.484. The molecular formula is C9H13F2N3. The van der Waals surface area contributed by atoms with Crippen LogP contribution in [0.3, 0.4) is 0 Å². The van der Waals surface area contributed by atoms with Gasteiger partial charge in [0.1, 0.15) is 5.82 Å². The van der Waals surface area contributed by atoms with Gasteiger partial charge in [-0.25, -0.2) is 4.98 Å². The number of rotatable bonds is 4. The molecule has 1 saturated carbocycles. The summed E-state index contributed by atoms with van der Waals surface area (Å²) >= 11 is 0. The van der Waals surface area contributed by atoms with Gasteiger partial charge < -0.3 is 5.32 Å². The first-order valence-electron chi connectivity index (χ1n) is 4.71. The topological polar surface area (TPSA) is 29.9 Å². The average molecular weight is 201 g/mol. The van der Waals surface area contributed by atoms with Gasteiger partial charge in [0.15, 0.2) is 0 Å². The van der Waals surface area contributed by atoms with Gasteiger partial charge in [-0.15, -0.1) is 0 Å². The molecule has 2 unspecified atom stereocenters. The molecule has 0 bridgehead atoms. The lowest BCUT2D eigenvalue weighted by atomic mass is 10.4. The second-order valence-corrected chi connectivity index (χ2v) is 3.73. The van der Waals surface area contributed by atoms with Crippen molar-refractivity contribution in [1.82, 2.24) is 14.9 Å². The third-order valence-corrected chi connectivity index (χ3v) is 2.59. The van der Waals surface area contributed by atoms with Crippen molar-refractivity contribution in [3.8, 4) is 0 Å². The van der Waals surface area contributed by atoms with Gasteiger partial charge in [-0.2, -0.15) is 8.78 Å². The highest BCUT2D eigenvalue weighted by atomic mass is 19.3. The molecule has 1 fully saturated rings. The molecule has 0 saturated heterocycles. The summed E-state index contributed by atoms with van der Waals surface area (Å²) in [6.07, 6.45) is 3.84. The monoisotopic (exact) mass is 201 g/mol. The van der Waals surface area contributed by atoms with E-state index in [4.69, 9.17) is 0 Å². The van der Waals surface area contributed by atoms with Crippen LogP contribution in [0.1, 0.15) is 25.7 Å². The Labute approximate surface area is 81.1 Å². The zero-order chi connectivity index (χ0) is 10.1. The van der Waals surface area contributed by atoms with Gasteiger partial charge in [0, 0.05) is 18.4 Å². The Hall–Kier alpha value is -0.970. The Kier molecular flexibility index (Phi) is 2.50. The number of alkyl halides is 2. The fourth-order valence-electron chi connectivity index (χ4n) is 1.49. The number of nitrogens with zero attached hydrogens (tertiary/aromatic N) is 2.